The Morgan fingerprint density at radius 1 is 1.33 bits per heavy atom. The number of aromatic hydroxyl groups is 1. The summed E-state index contributed by atoms with van der Waals surface area (Å²) in [5, 5.41) is 14.6. The largest absolute Gasteiger partial charge is 0.508 e. The number of phenolic OH excluding ortho intramolecular Hbond substituents is 1. The van der Waals surface area contributed by atoms with Gasteiger partial charge in [-0.25, -0.2) is 4.98 Å². The molecule has 2 N–H and O–H groups in total. The molecule has 6 rings (SSSR count). The fraction of sp³-hybridized carbons (Fsp3) is 0.591. The fourth-order valence-electron chi connectivity index (χ4n) is 6.15. The summed E-state index contributed by atoms with van der Waals surface area (Å²) in [6.07, 6.45) is 7.37. The van der Waals surface area contributed by atoms with Gasteiger partial charge in [-0.3, -0.25) is 4.90 Å². The zero-order valence-electron chi connectivity index (χ0n) is 15.9. The van der Waals surface area contributed by atoms with Crippen LogP contribution in [0.4, 0.5) is 5.13 Å². The summed E-state index contributed by atoms with van der Waals surface area (Å²) in [6, 6.07) is 6.79. The van der Waals surface area contributed by atoms with Crippen LogP contribution in [0.3, 0.4) is 0 Å². The number of rotatable bonds is 3. The Morgan fingerprint density at radius 3 is 3.04 bits per heavy atom. The number of nitrogens with one attached hydrogen (secondary N) is 1. The molecule has 2 bridgehead atoms. The van der Waals surface area contributed by atoms with Gasteiger partial charge in [0.2, 0.25) is 0 Å². The van der Waals surface area contributed by atoms with E-state index < -0.39 is 0 Å². The number of phenols is 1. The summed E-state index contributed by atoms with van der Waals surface area (Å²) in [4.78, 5) is 9.22. The molecule has 142 valence electrons. The maximum absolute atomic E-state index is 10.3. The SMILES string of the molecule is CNc1nc2c(s1)C[C@H]1[C@H]3Cc4ccc(O)cc4[C@@]1(CCN3CC1CC1)C2. The van der Waals surface area contributed by atoms with Crippen LogP contribution in [0, 0.1) is 11.8 Å². The van der Waals surface area contributed by atoms with Crippen molar-refractivity contribution in [3.63, 3.8) is 0 Å². The minimum atomic E-state index is 0.156. The van der Waals surface area contributed by atoms with Crippen LogP contribution in [0.1, 0.15) is 41.0 Å². The second-order valence-corrected chi connectivity index (χ2v) is 10.2. The van der Waals surface area contributed by atoms with Gasteiger partial charge in [-0.1, -0.05) is 6.07 Å². The van der Waals surface area contributed by atoms with E-state index in [0.29, 0.717) is 17.7 Å². The van der Waals surface area contributed by atoms with E-state index in [1.165, 1.54) is 54.0 Å². The van der Waals surface area contributed by atoms with Crippen LogP contribution in [0.5, 0.6) is 5.75 Å². The van der Waals surface area contributed by atoms with E-state index >= 15 is 0 Å². The molecule has 3 aliphatic carbocycles. The predicted octanol–water partition coefficient (Wildman–Crippen LogP) is 3.58. The fourth-order valence-corrected chi connectivity index (χ4v) is 7.14. The highest BCUT2D eigenvalue weighted by molar-refractivity contribution is 7.15. The molecule has 27 heavy (non-hydrogen) atoms. The molecule has 0 amide bonds. The van der Waals surface area contributed by atoms with E-state index in [2.05, 4.69) is 22.3 Å². The first-order chi connectivity index (χ1) is 13.2. The van der Waals surface area contributed by atoms with Crippen LogP contribution in [0.25, 0.3) is 0 Å². The van der Waals surface area contributed by atoms with Gasteiger partial charge < -0.3 is 10.4 Å². The lowest BCUT2D eigenvalue weighted by Gasteiger charge is -2.58. The van der Waals surface area contributed by atoms with Crippen molar-refractivity contribution in [2.75, 3.05) is 25.5 Å². The molecule has 0 unspecified atom stereocenters. The topological polar surface area (TPSA) is 48.4 Å². The molecule has 1 aliphatic heterocycles. The first kappa shape index (κ1) is 16.4. The van der Waals surface area contributed by atoms with Crippen molar-refractivity contribution >= 4 is 16.5 Å². The first-order valence-corrected chi connectivity index (χ1v) is 11.2. The smallest absolute Gasteiger partial charge is 0.182 e. The maximum atomic E-state index is 10.3. The summed E-state index contributed by atoms with van der Waals surface area (Å²) in [6.45, 7) is 2.49. The molecule has 1 aromatic heterocycles. The van der Waals surface area contributed by atoms with Crippen molar-refractivity contribution in [2.45, 2.75) is 50.0 Å². The Morgan fingerprint density at radius 2 is 2.22 bits per heavy atom. The molecule has 5 heteroatoms. The van der Waals surface area contributed by atoms with Gasteiger partial charge >= 0.3 is 0 Å². The number of anilines is 1. The molecule has 4 nitrogen and oxygen atoms in total. The van der Waals surface area contributed by atoms with Crippen molar-refractivity contribution in [2.24, 2.45) is 11.8 Å². The van der Waals surface area contributed by atoms with Crippen LogP contribution >= 0.6 is 11.3 Å². The minimum Gasteiger partial charge on any atom is -0.508 e. The molecule has 2 fully saturated rings. The first-order valence-electron chi connectivity index (χ1n) is 10.4. The van der Waals surface area contributed by atoms with Crippen LogP contribution in [0.2, 0.25) is 0 Å². The summed E-state index contributed by atoms with van der Waals surface area (Å²) in [5.74, 6) is 2.01. The van der Waals surface area contributed by atoms with E-state index in [1.807, 2.05) is 24.5 Å². The van der Waals surface area contributed by atoms with Gasteiger partial charge in [-0.05, 0) is 73.7 Å². The van der Waals surface area contributed by atoms with E-state index in [0.717, 1.165) is 30.3 Å². The lowest BCUT2D eigenvalue weighted by Crippen LogP contribution is -2.62. The quantitative estimate of drug-likeness (QED) is 0.853. The number of hydrogen-bond acceptors (Lipinski definition) is 5. The van der Waals surface area contributed by atoms with Gasteiger partial charge in [-0.15, -0.1) is 11.3 Å². The molecule has 1 saturated carbocycles. The van der Waals surface area contributed by atoms with Crippen molar-refractivity contribution in [3.05, 3.63) is 39.9 Å². The third kappa shape index (κ3) is 2.40. The van der Waals surface area contributed by atoms with Gasteiger partial charge in [0.05, 0.1) is 5.69 Å². The maximum Gasteiger partial charge on any atom is 0.182 e. The lowest BCUT2D eigenvalue weighted by atomic mass is 9.53. The molecule has 3 atom stereocenters. The highest BCUT2D eigenvalue weighted by Crippen LogP contribution is 2.56. The van der Waals surface area contributed by atoms with E-state index in [4.69, 9.17) is 4.98 Å². The van der Waals surface area contributed by atoms with Crippen LogP contribution < -0.4 is 5.32 Å². The standard InChI is InChI=1S/C22H27N3OS/c1-23-21-24-18-11-22-6-7-25(12-13-2-3-13)19(17(22)10-20(18)27-21)8-14-4-5-15(26)9-16(14)22/h4-5,9,13,17,19,26H,2-3,6-8,10-12H2,1H3,(H,23,24)/t17-,19+,22+/m0/s1. The van der Waals surface area contributed by atoms with Gasteiger partial charge in [0, 0.05) is 36.3 Å². The minimum absolute atomic E-state index is 0.156. The Hall–Kier alpha value is -1.59. The number of thiazole rings is 1. The number of hydrogen-bond donors (Lipinski definition) is 2. The lowest BCUT2D eigenvalue weighted by molar-refractivity contribution is 0.00544. The molecule has 4 aliphatic rings. The number of nitrogens with zero attached hydrogens (tertiary/aromatic N) is 2. The molecule has 2 heterocycles. The Balaban J connectivity index is 1.48. The Labute approximate surface area is 164 Å². The Bertz CT molecular complexity index is 905. The van der Waals surface area contributed by atoms with Crippen LogP contribution in [-0.2, 0) is 24.7 Å². The van der Waals surface area contributed by atoms with Gasteiger partial charge in [0.1, 0.15) is 5.75 Å². The van der Waals surface area contributed by atoms with Crippen molar-refractivity contribution in [1.29, 1.82) is 0 Å². The zero-order valence-corrected chi connectivity index (χ0v) is 16.7. The van der Waals surface area contributed by atoms with Crippen molar-refractivity contribution < 1.29 is 5.11 Å². The molecular formula is C22H27N3OS. The number of likely N-dealkylation sites (tertiary alicyclic amines) is 1. The number of aromatic nitrogens is 1. The van der Waals surface area contributed by atoms with Crippen molar-refractivity contribution in [1.82, 2.24) is 9.88 Å². The van der Waals surface area contributed by atoms with E-state index in [1.54, 1.807) is 0 Å². The van der Waals surface area contributed by atoms with Gasteiger partial charge in [0.25, 0.3) is 0 Å². The monoisotopic (exact) mass is 381 g/mol. The third-order valence-electron chi connectivity index (χ3n) is 7.62. The summed E-state index contributed by atoms with van der Waals surface area (Å²) < 4.78 is 0. The second kappa shape index (κ2) is 5.71. The van der Waals surface area contributed by atoms with Crippen LogP contribution in [-0.4, -0.2) is 41.2 Å². The molecule has 0 spiro atoms. The van der Waals surface area contributed by atoms with E-state index in [-0.39, 0.29) is 5.41 Å². The average molecular weight is 382 g/mol. The highest BCUT2D eigenvalue weighted by Gasteiger charge is 2.56. The number of piperidine rings is 1. The molecule has 0 radical (unpaired) electrons. The van der Waals surface area contributed by atoms with Crippen LogP contribution in [0.15, 0.2) is 18.2 Å². The Kier molecular flexibility index (Phi) is 3.46. The molecule has 1 saturated heterocycles. The highest BCUT2D eigenvalue weighted by atomic mass is 32.1. The summed E-state index contributed by atoms with van der Waals surface area (Å²) >= 11 is 1.85. The van der Waals surface area contributed by atoms with E-state index in [9.17, 15) is 5.11 Å². The molecule has 2 aromatic rings. The molecular weight excluding hydrogens is 354 g/mol. The normalized spacial score (nSPS) is 31.7. The number of benzene rings is 1. The summed E-state index contributed by atoms with van der Waals surface area (Å²) in [5.41, 5.74) is 4.33. The number of fused-ring (bicyclic) bond motifs is 2. The average Bonchev–Trinajstić information content (AvgIpc) is 3.39. The molecule has 1 aromatic carbocycles. The second-order valence-electron chi connectivity index (χ2n) is 9.08. The van der Waals surface area contributed by atoms with Crippen molar-refractivity contribution in [3.8, 4) is 5.75 Å². The van der Waals surface area contributed by atoms with Gasteiger partial charge in [0.15, 0.2) is 5.13 Å². The summed E-state index contributed by atoms with van der Waals surface area (Å²) in [7, 11) is 1.97. The van der Waals surface area contributed by atoms with Gasteiger partial charge in [-0.2, -0.15) is 0 Å². The predicted molar refractivity (Wildman–Crippen MR) is 109 cm³/mol. The zero-order chi connectivity index (χ0) is 18.2. The third-order valence-corrected chi connectivity index (χ3v) is 8.75.